The standard InChI is InChI=1S/C16H25NS/c1-13(2)10-11-18-15-8-6-14(7-9-15)12-17-16(3,4)5/h6-9,17H,1,10-12H2,2-5H3. The molecule has 2 heteroatoms. The first kappa shape index (κ1) is 15.3. The van der Waals surface area contributed by atoms with Crippen molar-refractivity contribution in [3.05, 3.63) is 42.0 Å². The number of nitrogens with one attached hydrogen (secondary N) is 1. The van der Waals surface area contributed by atoms with Gasteiger partial charge in [0.2, 0.25) is 0 Å². The fraction of sp³-hybridized carbons (Fsp3) is 0.500. The van der Waals surface area contributed by atoms with E-state index in [4.69, 9.17) is 0 Å². The molecular formula is C16H25NS. The third-order valence-electron chi connectivity index (χ3n) is 2.54. The van der Waals surface area contributed by atoms with E-state index in [2.05, 4.69) is 63.9 Å². The van der Waals surface area contributed by atoms with Gasteiger partial charge in [-0.25, -0.2) is 0 Å². The molecule has 1 N–H and O–H groups in total. The first-order chi connectivity index (χ1) is 8.37. The summed E-state index contributed by atoms with van der Waals surface area (Å²) in [7, 11) is 0. The van der Waals surface area contributed by atoms with Crippen LogP contribution in [-0.4, -0.2) is 11.3 Å². The van der Waals surface area contributed by atoms with E-state index in [1.807, 2.05) is 11.8 Å². The Bertz CT molecular complexity index is 373. The summed E-state index contributed by atoms with van der Waals surface area (Å²) in [5, 5.41) is 3.50. The van der Waals surface area contributed by atoms with Gasteiger partial charge < -0.3 is 5.32 Å². The Hall–Kier alpha value is -0.730. The Kier molecular flexibility index (Phi) is 5.97. The van der Waals surface area contributed by atoms with Crippen molar-refractivity contribution in [2.75, 3.05) is 5.75 Å². The van der Waals surface area contributed by atoms with E-state index >= 15 is 0 Å². The zero-order valence-electron chi connectivity index (χ0n) is 12.0. The zero-order chi connectivity index (χ0) is 13.6. The van der Waals surface area contributed by atoms with Crippen molar-refractivity contribution in [1.29, 1.82) is 0 Å². The first-order valence-corrected chi connectivity index (χ1v) is 7.46. The van der Waals surface area contributed by atoms with Gasteiger partial charge in [-0.2, -0.15) is 0 Å². The minimum Gasteiger partial charge on any atom is -0.308 e. The van der Waals surface area contributed by atoms with Gasteiger partial charge in [0.25, 0.3) is 0 Å². The number of hydrogen-bond donors (Lipinski definition) is 1. The van der Waals surface area contributed by atoms with Gasteiger partial charge in [0, 0.05) is 22.7 Å². The third-order valence-corrected chi connectivity index (χ3v) is 3.56. The van der Waals surface area contributed by atoms with Crippen LogP contribution in [0.25, 0.3) is 0 Å². The first-order valence-electron chi connectivity index (χ1n) is 6.48. The predicted octanol–water partition coefficient (Wildman–Crippen LogP) is 4.63. The maximum absolute atomic E-state index is 3.93. The quantitative estimate of drug-likeness (QED) is 0.593. The third kappa shape index (κ3) is 6.87. The second kappa shape index (κ2) is 7.01. The Labute approximate surface area is 116 Å². The van der Waals surface area contributed by atoms with Crippen LogP contribution in [0.15, 0.2) is 41.3 Å². The molecule has 18 heavy (non-hydrogen) atoms. The lowest BCUT2D eigenvalue weighted by molar-refractivity contribution is 0.424. The molecule has 0 spiro atoms. The summed E-state index contributed by atoms with van der Waals surface area (Å²) in [5.41, 5.74) is 2.78. The van der Waals surface area contributed by atoms with Gasteiger partial charge in [-0.3, -0.25) is 0 Å². The molecule has 0 saturated carbocycles. The van der Waals surface area contributed by atoms with Gasteiger partial charge in [-0.15, -0.1) is 18.3 Å². The summed E-state index contributed by atoms with van der Waals surface area (Å²) >= 11 is 1.90. The highest BCUT2D eigenvalue weighted by Crippen LogP contribution is 2.20. The van der Waals surface area contributed by atoms with E-state index in [0.717, 1.165) is 18.7 Å². The molecule has 0 aliphatic heterocycles. The summed E-state index contributed by atoms with van der Waals surface area (Å²) in [6, 6.07) is 8.84. The van der Waals surface area contributed by atoms with Crippen molar-refractivity contribution in [2.24, 2.45) is 0 Å². The largest absolute Gasteiger partial charge is 0.308 e. The van der Waals surface area contributed by atoms with Crippen molar-refractivity contribution < 1.29 is 0 Å². The molecule has 0 amide bonds. The average molecular weight is 263 g/mol. The van der Waals surface area contributed by atoms with Crippen LogP contribution in [0.5, 0.6) is 0 Å². The second-order valence-electron chi connectivity index (χ2n) is 5.80. The molecular weight excluding hydrogens is 238 g/mol. The van der Waals surface area contributed by atoms with E-state index in [1.54, 1.807) is 0 Å². The van der Waals surface area contributed by atoms with Gasteiger partial charge in [0.15, 0.2) is 0 Å². The van der Waals surface area contributed by atoms with Crippen LogP contribution in [0, 0.1) is 0 Å². The Morgan fingerprint density at radius 3 is 2.33 bits per heavy atom. The summed E-state index contributed by atoms with van der Waals surface area (Å²) in [6.45, 7) is 13.5. The molecule has 0 aliphatic carbocycles. The number of rotatable bonds is 6. The molecule has 1 nitrogen and oxygen atoms in total. The van der Waals surface area contributed by atoms with Gasteiger partial charge in [-0.05, 0) is 51.8 Å². The molecule has 0 heterocycles. The SMILES string of the molecule is C=C(C)CCSc1ccc(CNC(C)(C)C)cc1. The lowest BCUT2D eigenvalue weighted by atomic mass is 10.1. The number of allylic oxidation sites excluding steroid dienone is 1. The lowest BCUT2D eigenvalue weighted by Gasteiger charge is -2.20. The van der Waals surface area contributed by atoms with Crippen molar-refractivity contribution in [3.8, 4) is 0 Å². The van der Waals surface area contributed by atoms with Gasteiger partial charge in [0.05, 0.1) is 0 Å². The van der Waals surface area contributed by atoms with Crippen molar-refractivity contribution in [3.63, 3.8) is 0 Å². The smallest absolute Gasteiger partial charge is 0.0210 e. The fourth-order valence-corrected chi connectivity index (χ4v) is 2.43. The van der Waals surface area contributed by atoms with Gasteiger partial charge in [0.1, 0.15) is 0 Å². The molecule has 1 aromatic rings. The highest BCUT2D eigenvalue weighted by atomic mass is 32.2. The van der Waals surface area contributed by atoms with E-state index in [-0.39, 0.29) is 5.54 Å². The van der Waals surface area contributed by atoms with Crippen LogP contribution in [0.2, 0.25) is 0 Å². The van der Waals surface area contributed by atoms with E-state index in [9.17, 15) is 0 Å². The lowest BCUT2D eigenvalue weighted by Crippen LogP contribution is -2.35. The maximum atomic E-state index is 3.93. The van der Waals surface area contributed by atoms with Crippen molar-refractivity contribution in [1.82, 2.24) is 5.32 Å². The maximum Gasteiger partial charge on any atom is 0.0210 e. The molecule has 0 fully saturated rings. The molecule has 0 aliphatic rings. The van der Waals surface area contributed by atoms with Crippen molar-refractivity contribution >= 4 is 11.8 Å². The molecule has 100 valence electrons. The van der Waals surface area contributed by atoms with E-state index in [0.29, 0.717) is 0 Å². The average Bonchev–Trinajstić information content (AvgIpc) is 2.26. The van der Waals surface area contributed by atoms with E-state index < -0.39 is 0 Å². The molecule has 1 aromatic carbocycles. The molecule has 0 atom stereocenters. The van der Waals surface area contributed by atoms with Gasteiger partial charge in [-0.1, -0.05) is 17.7 Å². The van der Waals surface area contributed by atoms with Gasteiger partial charge >= 0.3 is 0 Å². The molecule has 0 aromatic heterocycles. The topological polar surface area (TPSA) is 12.0 Å². The summed E-state index contributed by atoms with van der Waals surface area (Å²) in [6.07, 6.45) is 1.10. The minimum atomic E-state index is 0.176. The molecule has 0 unspecified atom stereocenters. The number of benzene rings is 1. The van der Waals surface area contributed by atoms with Crippen LogP contribution in [0.4, 0.5) is 0 Å². The Morgan fingerprint density at radius 2 is 1.83 bits per heavy atom. The van der Waals surface area contributed by atoms with Crippen LogP contribution in [0.1, 0.15) is 39.7 Å². The normalized spacial score (nSPS) is 11.6. The van der Waals surface area contributed by atoms with Crippen LogP contribution < -0.4 is 5.32 Å². The molecule has 0 bridgehead atoms. The summed E-state index contributed by atoms with van der Waals surface area (Å²) < 4.78 is 0. The van der Waals surface area contributed by atoms with Crippen LogP contribution in [-0.2, 0) is 6.54 Å². The minimum absolute atomic E-state index is 0.176. The number of thioether (sulfide) groups is 1. The predicted molar refractivity (Wildman–Crippen MR) is 83.2 cm³/mol. The Morgan fingerprint density at radius 1 is 1.22 bits per heavy atom. The highest BCUT2D eigenvalue weighted by molar-refractivity contribution is 7.99. The highest BCUT2D eigenvalue weighted by Gasteiger charge is 2.07. The fourth-order valence-electron chi connectivity index (χ4n) is 1.41. The van der Waals surface area contributed by atoms with Crippen LogP contribution in [0.3, 0.4) is 0 Å². The zero-order valence-corrected chi connectivity index (χ0v) is 12.9. The second-order valence-corrected chi connectivity index (χ2v) is 6.97. The molecule has 1 rings (SSSR count). The summed E-state index contributed by atoms with van der Waals surface area (Å²) in [5.74, 6) is 1.12. The van der Waals surface area contributed by atoms with Crippen LogP contribution >= 0.6 is 11.8 Å². The number of hydrogen-bond acceptors (Lipinski definition) is 2. The Balaban J connectivity index is 2.40. The molecule has 0 saturated heterocycles. The van der Waals surface area contributed by atoms with E-state index in [1.165, 1.54) is 16.0 Å². The molecule has 0 radical (unpaired) electrons. The summed E-state index contributed by atoms with van der Waals surface area (Å²) in [4.78, 5) is 1.34. The van der Waals surface area contributed by atoms with Crippen molar-refractivity contribution in [2.45, 2.75) is 51.1 Å². The monoisotopic (exact) mass is 263 g/mol.